The standard InChI is InChI=1S/C22H26FNO2/c1-2-12-24-13-4-8-18-6-3-7-19(22(18)24)16-26-20-11-10-17(9-5-14-25)21(23)15-20/h3,6-7,10-11,14-15H,2,4-5,8-9,12-13,16H2,1H3. The third kappa shape index (κ3) is 4.24. The van der Waals surface area contributed by atoms with Gasteiger partial charge in [0.2, 0.25) is 0 Å². The smallest absolute Gasteiger partial charge is 0.130 e. The zero-order valence-corrected chi connectivity index (χ0v) is 15.3. The van der Waals surface area contributed by atoms with E-state index in [-0.39, 0.29) is 5.82 Å². The molecule has 0 amide bonds. The first-order valence-electron chi connectivity index (χ1n) is 9.43. The molecule has 0 N–H and O–H groups in total. The molecule has 0 fully saturated rings. The van der Waals surface area contributed by atoms with Crippen molar-refractivity contribution in [2.45, 2.75) is 45.6 Å². The first kappa shape index (κ1) is 18.4. The molecule has 1 aliphatic rings. The Morgan fingerprint density at radius 2 is 2.12 bits per heavy atom. The normalized spacial score (nSPS) is 13.4. The van der Waals surface area contributed by atoms with Crippen LogP contribution in [0, 0.1) is 5.82 Å². The van der Waals surface area contributed by atoms with E-state index in [1.807, 2.05) is 0 Å². The lowest BCUT2D eigenvalue weighted by molar-refractivity contribution is -0.107. The average molecular weight is 355 g/mol. The molecule has 4 heteroatoms. The molecule has 0 atom stereocenters. The van der Waals surface area contributed by atoms with Crippen molar-refractivity contribution in [3.05, 3.63) is 58.9 Å². The minimum atomic E-state index is -0.313. The summed E-state index contributed by atoms with van der Waals surface area (Å²) in [4.78, 5) is 12.9. The van der Waals surface area contributed by atoms with Crippen LogP contribution in [0.1, 0.15) is 42.9 Å². The molecule has 0 aromatic heterocycles. The highest BCUT2D eigenvalue weighted by atomic mass is 19.1. The fraction of sp³-hybridized carbons (Fsp3) is 0.409. The van der Waals surface area contributed by atoms with Crippen molar-refractivity contribution in [2.24, 2.45) is 0 Å². The van der Waals surface area contributed by atoms with Crippen LogP contribution < -0.4 is 9.64 Å². The summed E-state index contributed by atoms with van der Waals surface area (Å²) in [5.41, 5.74) is 4.38. The van der Waals surface area contributed by atoms with E-state index in [0.29, 0.717) is 30.8 Å². The lowest BCUT2D eigenvalue weighted by Gasteiger charge is -2.33. The largest absolute Gasteiger partial charge is 0.489 e. The summed E-state index contributed by atoms with van der Waals surface area (Å²) in [5, 5.41) is 0. The number of anilines is 1. The predicted molar refractivity (Wildman–Crippen MR) is 102 cm³/mol. The summed E-state index contributed by atoms with van der Waals surface area (Å²) in [6.45, 7) is 4.75. The molecule has 0 unspecified atom stereocenters. The van der Waals surface area contributed by atoms with Crippen LogP contribution in [0.25, 0.3) is 0 Å². The number of fused-ring (bicyclic) bond motifs is 1. The highest BCUT2D eigenvalue weighted by Crippen LogP contribution is 2.32. The van der Waals surface area contributed by atoms with Gasteiger partial charge >= 0.3 is 0 Å². The number of aryl methyl sites for hydroxylation is 2. The van der Waals surface area contributed by atoms with Crippen LogP contribution in [0.3, 0.4) is 0 Å². The summed E-state index contributed by atoms with van der Waals surface area (Å²) in [6, 6.07) is 11.3. The highest BCUT2D eigenvalue weighted by molar-refractivity contribution is 5.61. The molecule has 2 aromatic rings. The predicted octanol–water partition coefficient (Wildman–Crippen LogP) is 4.70. The van der Waals surface area contributed by atoms with Crippen LogP contribution in [0.15, 0.2) is 36.4 Å². The van der Waals surface area contributed by atoms with E-state index in [1.165, 1.54) is 23.7 Å². The summed E-state index contributed by atoms with van der Waals surface area (Å²) in [6.07, 6.45) is 4.97. The van der Waals surface area contributed by atoms with Crippen molar-refractivity contribution in [3.63, 3.8) is 0 Å². The third-order valence-corrected chi connectivity index (χ3v) is 4.84. The SMILES string of the molecule is CCCN1CCCc2cccc(COc3ccc(CCC=O)c(F)c3)c21. The molecule has 3 nitrogen and oxygen atoms in total. The van der Waals surface area contributed by atoms with Crippen molar-refractivity contribution < 1.29 is 13.9 Å². The number of carbonyl (C=O) groups is 1. The van der Waals surface area contributed by atoms with Gasteiger partial charge in [0.15, 0.2) is 0 Å². The lowest BCUT2D eigenvalue weighted by atomic mass is 9.97. The van der Waals surface area contributed by atoms with E-state index < -0.39 is 0 Å². The molecule has 0 bridgehead atoms. The van der Waals surface area contributed by atoms with Crippen molar-refractivity contribution in [2.75, 3.05) is 18.0 Å². The summed E-state index contributed by atoms with van der Waals surface area (Å²) < 4.78 is 20.0. The van der Waals surface area contributed by atoms with Crippen LogP contribution in [-0.4, -0.2) is 19.4 Å². The zero-order valence-electron chi connectivity index (χ0n) is 15.3. The Hall–Kier alpha value is -2.36. The fourth-order valence-electron chi connectivity index (χ4n) is 3.63. The number of rotatable bonds is 8. The second-order valence-corrected chi connectivity index (χ2v) is 6.76. The summed E-state index contributed by atoms with van der Waals surface area (Å²) >= 11 is 0. The molecule has 0 aliphatic carbocycles. The first-order valence-corrected chi connectivity index (χ1v) is 9.43. The van der Waals surface area contributed by atoms with Crippen molar-refractivity contribution in [1.82, 2.24) is 0 Å². The van der Waals surface area contributed by atoms with Gasteiger partial charge in [0.05, 0.1) is 0 Å². The Bertz CT molecular complexity index is 760. The van der Waals surface area contributed by atoms with Gasteiger partial charge in [-0.1, -0.05) is 31.2 Å². The molecule has 0 saturated heterocycles. The zero-order chi connectivity index (χ0) is 18.4. The van der Waals surface area contributed by atoms with Gasteiger partial charge in [-0.25, -0.2) is 4.39 Å². The number of ether oxygens (including phenoxy) is 1. The number of aldehydes is 1. The molecule has 1 aliphatic heterocycles. The van der Waals surface area contributed by atoms with Gasteiger partial charge < -0.3 is 14.4 Å². The third-order valence-electron chi connectivity index (χ3n) is 4.84. The number of hydrogen-bond donors (Lipinski definition) is 0. The number of halogens is 1. The van der Waals surface area contributed by atoms with Crippen LogP contribution in [0.2, 0.25) is 0 Å². The minimum Gasteiger partial charge on any atom is -0.489 e. The Morgan fingerprint density at radius 3 is 2.88 bits per heavy atom. The Morgan fingerprint density at radius 1 is 1.23 bits per heavy atom. The topological polar surface area (TPSA) is 29.5 Å². The maximum Gasteiger partial charge on any atom is 0.130 e. The monoisotopic (exact) mass is 355 g/mol. The van der Waals surface area contributed by atoms with Crippen molar-refractivity contribution in [1.29, 1.82) is 0 Å². The molecule has 3 rings (SSSR count). The number of hydrogen-bond acceptors (Lipinski definition) is 3. The molecule has 0 spiro atoms. The molecule has 1 heterocycles. The number of carbonyl (C=O) groups excluding carboxylic acids is 1. The first-order chi connectivity index (χ1) is 12.7. The number of para-hydroxylation sites is 1. The van der Waals surface area contributed by atoms with Gasteiger partial charge in [0.1, 0.15) is 24.5 Å². The fourth-order valence-corrected chi connectivity index (χ4v) is 3.63. The Balaban J connectivity index is 1.74. The maximum atomic E-state index is 14.1. The average Bonchev–Trinajstić information content (AvgIpc) is 2.66. The van der Waals surface area contributed by atoms with E-state index in [0.717, 1.165) is 37.8 Å². The van der Waals surface area contributed by atoms with Crippen LogP contribution in [0.4, 0.5) is 10.1 Å². The Kier molecular flexibility index (Phi) is 6.26. The van der Waals surface area contributed by atoms with E-state index in [4.69, 9.17) is 4.74 Å². The maximum absolute atomic E-state index is 14.1. The van der Waals surface area contributed by atoms with Gasteiger partial charge in [-0.15, -0.1) is 0 Å². The van der Waals surface area contributed by atoms with Crippen LogP contribution >= 0.6 is 0 Å². The molecule has 26 heavy (non-hydrogen) atoms. The summed E-state index contributed by atoms with van der Waals surface area (Å²) in [5.74, 6) is 0.208. The molecule has 0 saturated carbocycles. The van der Waals surface area contributed by atoms with Gasteiger partial charge in [0, 0.05) is 36.8 Å². The second-order valence-electron chi connectivity index (χ2n) is 6.76. The van der Waals surface area contributed by atoms with Gasteiger partial charge in [-0.3, -0.25) is 0 Å². The van der Waals surface area contributed by atoms with E-state index in [1.54, 1.807) is 12.1 Å². The quantitative estimate of drug-likeness (QED) is 0.643. The molecule has 2 aromatic carbocycles. The molecular formula is C22H26FNO2. The van der Waals surface area contributed by atoms with Crippen LogP contribution in [0.5, 0.6) is 5.75 Å². The Labute approximate surface area is 154 Å². The van der Waals surface area contributed by atoms with E-state index >= 15 is 0 Å². The molecule has 0 radical (unpaired) electrons. The number of benzene rings is 2. The van der Waals surface area contributed by atoms with Crippen molar-refractivity contribution in [3.8, 4) is 5.75 Å². The van der Waals surface area contributed by atoms with Crippen LogP contribution in [-0.2, 0) is 24.2 Å². The van der Waals surface area contributed by atoms with Crippen molar-refractivity contribution >= 4 is 12.0 Å². The minimum absolute atomic E-state index is 0.313. The van der Waals surface area contributed by atoms with E-state index in [2.05, 4.69) is 30.0 Å². The summed E-state index contributed by atoms with van der Waals surface area (Å²) in [7, 11) is 0. The highest BCUT2D eigenvalue weighted by Gasteiger charge is 2.19. The second kappa shape index (κ2) is 8.84. The van der Waals surface area contributed by atoms with Gasteiger partial charge in [-0.05, 0) is 42.9 Å². The number of nitrogens with zero attached hydrogens (tertiary/aromatic N) is 1. The molecule has 138 valence electrons. The van der Waals surface area contributed by atoms with Gasteiger partial charge in [0.25, 0.3) is 0 Å². The lowest BCUT2D eigenvalue weighted by Crippen LogP contribution is -2.31. The van der Waals surface area contributed by atoms with Gasteiger partial charge in [-0.2, -0.15) is 0 Å². The molecular weight excluding hydrogens is 329 g/mol. The van der Waals surface area contributed by atoms with E-state index in [9.17, 15) is 9.18 Å².